The maximum Gasteiger partial charge on any atom is 0.167 e. The third-order valence-electron chi connectivity index (χ3n) is 12.0. The summed E-state index contributed by atoms with van der Waals surface area (Å²) in [5.74, 6) is 1.89. The van der Waals surface area contributed by atoms with E-state index in [2.05, 4.69) is 129 Å². The first-order valence-electron chi connectivity index (χ1n) is 19.2. The summed E-state index contributed by atoms with van der Waals surface area (Å²) in [6.07, 6.45) is 11.9. The van der Waals surface area contributed by atoms with Crippen LogP contribution >= 0.6 is 0 Å². The maximum absolute atomic E-state index is 9.56. The van der Waals surface area contributed by atoms with Crippen molar-refractivity contribution in [2.75, 3.05) is 0 Å². The van der Waals surface area contributed by atoms with Gasteiger partial charge >= 0.3 is 0 Å². The molecular formula is C50H35N5O. The second kappa shape index (κ2) is 12.3. The van der Waals surface area contributed by atoms with E-state index in [1.54, 1.807) is 0 Å². The number of aromatic nitrogens is 4. The van der Waals surface area contributed by atoms with Gasteiger partial charge in [-0.25, -0.2) is 19.9 Å². The SMILES string of the molecule is CC1(C)C2=C(CC(c3nc(-c4cccc5c4oc4c5ccc5c(-c6ccccc6)nc6ccccc6c54)nc(C4C=CC(C#N)=CC4)n3)C=C2)c2ccccc21. The number of hydrogen-bond donors (Lipinski definition) is 0. The molecule has 6 nitrogen and oxygen atoms in total. The Kier molecular flexibility index (Phi) is 7.11. The van der Waals surface area contributed by atoms with Crippen LogP contribution in [-0.4, -0.2) is 19.9 Å². The number of fused-ring (bicyclic) bond motifs is 9. The normalized spacial score (nSPS) is 18.4. The molecule has 8 aromatic rings. The molecule has 11 rings (SSSR count). The van der Waals surface area contributed by atoms with Crippen molar-refractivity contribution in [3.8, 4) is 28.7 Å². The number of nitriles is 1. The molecule has 0 aliphatic heterocycles. The van der Waals surface area contributed by atoms with Crippen LogP contribution in [0.5, 0.6) is 0 Å². The van der Waals surface area contributed by atoms with Gasteiger partial charge in [0, 0.05) is 55.3 Å². The van der Waals surface area contributed by atoms with Crippen molar-refractivity contribution in [1.29, 1.82) is 5.26 Å². The number of hydrogen-bond acceptors (Lipinski definition) is 6. The summed E-state index contributed by atoms with van der Waals surface area (Å²) in [5, 5.41) is 14.7. The number of pyridine rings is 1. The van der Waals surface area contributed by atoms with Crippen LogP contribution < -0.4 is 0 Å². The summed E-state index contributed by atoms with van der Waals surface area (Å²) < 4.78 is 7.06. The Morgan fingerprint density at radius 2 is 1.38 bits per heavy atom. The lowest BCUT2D eigenvalue weighted by atomic mass is 9.79. The molecule has 266 valence electrons. The largest absolute Gasteiger partial charge is 0.455 e. The van der Waals surface area contributed by atoms with E-state index in [0.717, 1.165) is 72.7 Å². The molecule has 56 heavy (non-hydrogen) atoms. The van der Waals surface area contributed by atoms with Crippen LogP contribution in [0.1, 0.15) is 61.3 Å². The fourth-order valence-electron chi connectivity index (χ4n) is 9.20. The van der Waals surface area contributed by atoms with E-state index in [1.165, 1.54) is 22.3 Å². The molecule has 2 unspecified atom stereocenters. The Bertz CT molecular complexity index is 3140. The molecule has 0 amide bonds. The summed E-state index contributed by atoms with van der Waals surface area (Å²) in [6, 6.07) is 40.3. The third-order valence-corrected chi connectivity index (χ3v) is 12.0. The van der Waals surface area contributed by atoms with Gasteiger partial charge in [0.25, 0.3) is 0 Å². The molecule has 0 saturated heterocycles. The first-order chi connectivity index (χ1) is 27.5. The van der Waals surface area contributed by atoms with E-state index >= 15 is 0 Å². The summed E-state index contributed by atoms with van der Waals surface area (Å²) in [5.41, 5.74) is 11.3. The summed E-state index contributed by atoms with van der Waals surface area (Å²) in [7, 11) is 0. The van der Waals surface area contributed by atoms with Gasteiger partial charge in [0.15, 0.2) is 5.82 Å². The number of allylic oxidation sites excluding steroid dienone is 8. The van der Waals surface area contributed by atoms with Gasteiger partial charge in [-0.1, -0.05) is 129 Å². The molecule has 2 atom stereocenters. The van der Waals surface area contributed by atoms with E-state index in [0.29, 0.717) is 23.6 Å². The minimum Gasteiger partial charge on any atom is -0.455 e. The number of furan rings is 1. The van der Waals surface area contributed by atoms with Crippen LogP contribution in [0, 0.1) is 11.3 Å². The van der Waals surface area contributed by atoms with Crippen LogP contribution in [0.25, 0.3) is 71.8 Å². The van der Waals surface area contributed by atoms with Gasteiger partial charge in [0.05, 0.1) is 22.8 Å². The predicted molar refractivity (Wildman–Crippen MR) is 224 cm³/mol. The fraction of sp³-hybridized carbons (Fsp3) is 0.140. The smallest absolute Gasteiger partial charge is 0.167 e. The number of nitrogens with zero attached hydrogens (tertiary/aromatic N) is 5. The van der Waals surface area contributed by atoms with E-state index in [-0.39, 0.29) is 17.3 Å². The maximum atomic E-state index is 9.56. The number of benzene rings is 5. The van der Waals surface area contributed by atoms with Crippen LogP contribution in [0.4, 0.5) is 0 Å². The topological polar surface area (TPSA) is 88.5 Å². The van der Waals surface area contributed by atoms with Gasteiger partial charge in [-0.15, -0.1) is 0 Å². The molecule has 0 spiro atoms. The van der Waals surface area contributed by atoms with Crippen molar-refractivity contribution in [2.24, 2.45) is 0 Å². The van der Waals surface area contributed by atoms with E-state index in [4.69, 9.17) is 24.4 Å². The number of para-hydroxylation sites is 2. The zero-order chi connectivity index (χ0) is 37.5. The quantitative estimate of drug-likeness (QED) is 0.168. The van der Waals surface area contributed by atoms with Gasteiger partial charge in [0.1, 0.15) is 22.8 Å². The zero-order valence-electron chi connectivity index (χ0n) is 31.0. The van der Waals surface area contributed by atoms with Crippen LogP contribution in [-0.2, 0) is 5.41 Å². The zero-order valence-corrected chi connectivity index (χ0v) is 31.0. The molecule has 6 heteroatoms. The molecule has 3 aliphatic carbocycles. The minimum absolute atomic E-state index is 0.0388. The van der Waals surface area contributed by atoms with Crippen LogP contribution in [0.3, 0.4) is 0 Å². The van der Waals surface area contributed by atoms with Crippen molar-refractivity contribution in [3.63, 3.8) is 0 Å². The summed E-state index contributed by atoms with van der Waals surface area (Å²) in [4.78, 5) is 20.8. The van der Waals surface area contributed by atoms with Crippen LogP contribution in [0.2, 0.25) is 0 Å². The van der Waals surface area contributed by atoms with Gasteiger partial charge < -0.3 is 4.42 Å². The third kappa shape index (κ3) is 4.87. The molecule has 3 heterocycles. The molecule has 0 N–H and O–H groups in total. The predicted octanol–water partition coefficient (Wildman–Crippen LogP) is 12.1. The van der Waals surface area contributed by atoms with Crippen molar-refractivity contribution in [2.45, 2.75) is 43.9 Å². The summed E-state index contributed by atoms with van der Waals surface area (Å²) in [6.45, 7) is 4.63. The Morgan fingerprint density at radius 1 is 0.661 bits per heavy atom. The van der Waals surface area contributed by atoms with E-state index in [1.807, 2.05) is 30.4 Å². The highest BCUT2D eigenvalue weighted by atomic mass is 16.3. The Morgan fingerprint density at radius 3 is 2.21 bits per heavy atom. The molecule has 0 radical (unpaired) electrons. The first kappa shape index (κ1) is 32.5. The Hall–Kier alpha value is -6.97. The van der Waals surface area contributed by atoms with Gasteiger partial charge in [-0.2, -0.15) is 5.26 Å². The highest BCUT2D eigenvalue weighted by molar-refractivity contribution is 6.25. The average molecular weight is 722 g/mol. The molecule has 0 saturated carbocycles. The highest BCUT2D eigenvalue weighted by Gasteiger charge is 2.39. The van der Waals surface area contributed by atoms with Gasteiger partial charge in [-0.3, -0.25) is 0 Å². The molecule has 0 fully saturated rings. The lowest BCUT2D eigenvalue weighted by molar-refractivity contribution is 0.645. The van der Waals surface area contributed by atoms with Crippen molar-refractivity contribution in [1.82, 2.24) is 19.9 Å². The van der Waals surface area contributed by atoms with Crippen LogP contribution in [0.15, 0.2) is 155 Å². The Balaban J connectivity index is 1.11. The molecular weight excluding hydrogens is 687 g/mol. The standard InChI is InChI=1S/C50H35N5O/c1-50(2)40-17-8-6-13-33(40)39-27-32(23-26-41(39)50)48-53-47(31-21-19-29(28-51)20-22-31)54-49(55-48)38-16-10-15-34-35-24-25-37-43(46(35)56-45(34)38)36-14-7-9-18-42(36)52-44(37)30-11-4-3-5-12-30/h3-21,23-26,31-32H,22,27H2,1-2H3. The van der Waals surface area contributed by atoms with Crippen molar-refractivity contribution < 1.29 is 4.42 Å². The number of rotatable bonds is 4. The second-order valence-corrected chi connectivity index (χ2v) is 15.6. The molecule has 0 bridgehead atoms. The lowest BCUT2D eigenvalue weighted by Crippen LogP contribution is -2.18. The van der Waals surface area contributed by atoms with E-state index < -0.39 is 0 Å². The molecule has 3 aliphatic rings. The first-order valence-corrected chi connectivity index (χ1v) is 19.2. The summed E-state index contributed by atoms with van der Waals surface area (Å²) >= 11 is 0. The fourth-order valence-corrected chi connectivity index (χ4v) is 9.20. The average Bonchev–Trinajstić information content (AvgIpc) is 3.75. The minimum atomic E-state index is -0.0878. The lowest BCUT2D eigenvalue weighted by Gasteiger charge is -2.26. The van der Waals surface area contributed by atoms with Gasteiger partial charge in [-0.05, 0) is 59.4 Å². The highest BCUT2D eigenvalue weighted by Crippen LogP contribution is 2.52. The monoisotopic (exact) mass is 721 g/mol. The molecule has 3 aromatic heterocycles. The van der Waals surface area contributed by atoms with E-state index in [9.17, 15) is 5.26 Å². The molecule has 5 aromatic carbocycles. The second-order valence-electron chi connectivity index (χ2n) is 15.6. The Labute approximate surface area is 323 Å². The van der Waals surface area contributed by atoms with Gasteiger partial charge in [0.2, 0.25) is 0 Å². The van der Waals surface area contributed by atoms with Crippen molar-refractivity contribution >= 4 is 49.2 Å². The van der Waals surface area contributed by atoms with Crippen molar-refractivity contribution in [3.05, 3.63) is 173 Å².